The SMILES string of the molecule is CN(CCCCn1c(=N)sc2cc(F)ccc21)CC(O)c1ccccc1. The highest BCUT2D eigenvalue weighted by atomic mass is 32.1. The van der Waals surface area contributed by atoms with E-state index < -0.39 is 6.10 Å². The Hall–Kier alpha value is -2.02. The topological polar surface area (TPSA) is 52.2 Å². The molecule has 26 heavy (non-hydrogen) atoms. The monoisotopic (exact) mass is 373 g/mol. The maximum atomic E-state index is 13.3. The molecule has 2 aromatic carbocycles. The number of unbranched alkanes of at least 4 members (excludes halogenated alkanes) is 1. The molecule has 0 spiro atoms. The lowest BCUT2D eigenvalue weighted by Gasteiger charge is -2.20. The number of aryl methyl sites for hydroxylation is 1. The fourth-order valence-corrected chi connectivity index (χ4v) is 4.06. The molecule has 0 saturated heterocycles. The summed E-state index contributed by atoms with van der Waals surface area (Å²) in [7, 11) is 2.01. The van der Waals surface area contributed by atoms with E-state index in [-0.39, 0.29) is 5.82 Å². The Bertz CT molecular complexity index is 906. The summed E-state index contributed by atoms with van der Waals surface area (Å²) in [5, 5.41) is 18.4. The van der Waals surface area contributed by atoms with E-state index >= 15 is 0 Å². The zero-order valence-electron chi connectivity index (χ0n) is 14.9. The van der Waals surface area contributed by atoms with E-state index in [1.807, 2.05) is 41.9 Å². The normalized spacial score (nSPS) is 12.8. The lowest BCUT2D eigenvalue weighted by atomic mass is 10.1. The van der Waals surface area contributed by atoms with Crippen LogP contribution < -0.4 is 4.80 Å². The number of likely N-dealkylation sites (N-methyl/N-ethyl adjacent to an activating group) is 1. The Morgan fingerprint density at radius 2 is 1.96 bits per heavy atom. The summed E-state index contributed by atoms with van der Waals surface area (Å²) in [5.74, 6) is -0.260. The van der Waals surface area contributed by atoms with Crippen LogP contribution in [0.1, 0.15) is 24.5 Å². The molecule has 3 aromatic rings. The molecule has 1 unspecified atom stereocenters. The van der Waals surface area contributed by atoms with Crippen molar-refractivity contribution in [1.82, 2.24) is 9.47 Å². The fraction of sp³-hybridized carbons (Fsp3) is 0.350. The molecule has 0 saturated carbocycles. The van der Waals surface area contributed by atoms with Gasteiger partial charge < -0.3 is 14.6 Å². The third kappa shape index (κ3) is 4.58. The first-order chi connectivity index (χ1) is 12.5. The minimum Gasteiger partial charge on any atom is -0.387 e. The van der Waals surface area contributed by atoms with Gasteiger partial charge in [-0.2, -0.15) is 0 Å². The number of aliphatic hydroxyl groups excluding tert-OH is 1. The number of nitrogens with one attached hydrogen (secondary N) is 1. The van der Waals surface area contributed by atoms with Crippen molar-refractivity contribution in [3.63, 3.8) is 0 Å². The standard InChI is InChI=1S/C20H24FN3OS/c1-23(14-18(25)15-7-3-2-4-8-15)11-5-6-12-24-17-10-9-16(21)13-19(17)26-20(24)22/h2-4,7-10,13,18,22,25H,5-6,11-12,14H2,1H3. The van der Waals surface area contributed by atoms with Crippen LogP contribution in [0.5, 0.6) is 0 Å². The number of aromatic nitrogens is 1. The van der Waals surface area contributed by atoms with E-state index in [2.05, 4.69) is 4.90 Å². The molecule has 138 valence electrons. The molecule has 2 N–H and O–H groups in total. The maximum Gasteiger partial charge on any atom is 0.182 e. The Kier molecular flexibility index (Phi) is 6.19. The molecule has 1 aromatic heterocycles. The zero-order chi connectivity index (χ0) is 18.5. The second kappa shape index (κ2) is 8.58. The number of halogens is 1. The molecule has 6 heteroatoms. The van der Waals surface area contributed by atoms with Crippen molar-refractivity contribution in [1.29, 1.82) is 5.41 Å². The first-order valence-electron chi connectivity index (χ1n) is 8.79. The average Bonchev–Trinajstić information content (AvgIpc) is 2.93. The van der Waals surface area contributed by atoms with Gasteiger partial charge in [0.25, 0.3) is 0 Å². The minimum atomic E-state index is -0.480. The minimum absolute atomic E-state index is 0.260. The van der Waals surface area contributed by atoms with Crippen molar-refractivity contribution in [2.24, 2.45) is 0 Å². The molecule has 0 fully saturated rings. The molecule has 0 amide bonds. The molecule has 4 nitrogen and oxygen atoms in total. The van der Waals surface area contributed by atoms with E-state index in [1.54, 1.807) is 6.07 Å². The molecule has 0 aliphatic heterocycles. The fourth-order valence-electron chi connectivity index (χ4n) is 3.10. The van der Waals surface area contributed by atoms with Crippen LogP contribution >= 0.6 is 11.3 Å². The Morgan fingerprint density at radius 3 is 2.73 bits per heavy atom. The number of aliphatic hydroxyl groups is 1. The molecular formula is C20H24FN3OS. The van der Waals surface area contributed by atoms with Crippen LogP contribution in [0.25, 0.3) is 10.2 Å². The molecule has 0 aliphatic rings. The summed E-state index contributed by atoms with van der Waals surface area (Å²) < 4.78 is 16.1. The smallest absolute Gasteiger partial charge is 0.182 e. The highest BCUT2D eigenvalue weighted by Gasteiger charge is 2.10. The van der Waals surface area contributed by atoms with Crippen LogP contribution in [0, 0.1) is 11.2 Å². The van der Waals surface area contributed by atoms with Gasteiger partial charge in [0.05, 0.1) is 16.3 Å². The maximum absolute atomic E-state index is 13.3. The van der Waals surface area contributed by atoms with Gasteiger partial charge in [0, 0.05) is 13.1 Å². The summed E-state index contributed by atoms with van der Waals surface area (Å²) in [4.78, 5) is 2.59. The lowest BCUT2D eigenvalue weighted by Crippen LogP contribution is -2.26. The zero-order valence-corrected chi connectivity index (χ0v) is 15.7. The molecular weight excluding hydrogens is 349 g/mol. The van der Waals surface area contributed by atoms with Gasteiger partial charge in [0.15, 0.2) is 4.80 Å². The molecule has 1 heterocycles. The summed E-state index contributed by atoms with van der Waals surface area (Å²) >= 11 is 1.31. The van der Waals surface area contributed by atoms with Crippen molar-refractivity contribution in [3.8, 4) is 0 Å². The predicted octanol–water partition coefficient (Wildman–Crippen LogP) is 3.77. The van der Waals surface area contributed by atoms with Gasteiger partial charge in [-0.05, 0) is 50.2 Å². The molecule has 1 atom stereocenters. The van der Waals surface area contributed by atoms with Crippen molar-refractivity contribution in [3.05, 3.63) is 64.7 Å². The van der Waals surface area contributed by atoms with Crippen LogP contribution in [-0.2, 0) is 6.54 Å². The van der Waals surface area contributed by atoms with Gasteiger partial charge in [-0.1, -0.05) is 41.7 Å². The number of nitrogens with zero attached hydrogens (tertiary/aromatic N) is 2. The van der Waals surface area contributed by atoms with Crippen molar-refractivity contribution >= 4 is 21.6 Å². The summed E-state index contributed by atoms with van der Waals surface area (Å²) in [6, 6.07) is 14.4. The average molecular weight is 373 g/mol. The number of hydrogen-bond acceptors (Lipinski definition) is 4. The summed E-state index contributed by atoms with van der Waals surface area (Å²) in [5.41, 5.74) is 1.86. The quantitative estimate of drug-likeness (QED) is 0.591. The number of rotatable bonds is 8. The first kappa shape index (κ1) is 18.8. The first-order valence-corrected chi connectivity index (χ1v) is 9.61. The highest BCUT2D eigenvalue weighted by Crippen LogP contribution is 2.19. The number of thiazole rings is 1. The van der Waals surface area contributed by atoms with Crippen molar-refractivity contribution in [2.75, 3.05) is 20.1 Å². The highest BCUT2D eigenvalue weighted by molar-refractivity contribution is 7.16. The Balaban J connectivity index is 1.48. The van der Waals surface area contributed by atoms with E-state index in [1.165, 1.54) is 23.5 Å². The van der Waals surface area contributed by atoms with Gasteiger partial charge in [0.1, 0.15) is 5.82 Å². The third-order valence-electron chi connectivity index (χ3n) is 4.50. The molecule has 0 radical (unpaired) electrons. The molecule has 0 bridgehead atoms. The third-order valence-corrected chi connectivity index (χ3v) is 5.47. The van der Waals surface area contributed by atoms with E-state index in [0.29, 0.717) is 11.3 Å². The van der Waals surface area contributed by atoms with Gasteiger partial charge in [-0.25, -0.2) is 4.39 Å². The summed E-state index contributed by atoms with van der Waals surface area (Å²) in [6.45, 7) is 2.23. The number of fused-ring (bicyclic) bond motifs is 1. The number of benzene rings is 2. The van der Waals surface area contributed by atoms with Crippen LogP contribution in [0.15, 0.2) is 48.5 Å². The second-order valence-corrected chi connectivity index (χ2v) is 7.60. The predicted molar refractivity (Wildman–Crippen MR) is 104 cm³/mol. The van der Waals surface area contributed by atoms with Gasteiger partial charge >= 0.3 is 0 Å². The molecule has 0 aliphatic carbocycles. The molecule has 3 rings (SSSR count). The number of hydrogen-bond donors (Lipinski definition) is 2. The Morgan fingerprint density at radius 1 is 1.19 bits per heavy atom. The van der Waals surface area contributed by atoms with Crippen LogP contribution in [0.2, 0.25) is 0 Å². The van der Waals surface area contributed by atoms with E-state index in [4.69, 9.17) is 5.41 Å². The van der Waals surface area contributed by atoms with Gasteiger partial charge in [0.2, 0.25) is 0 Å². The van der Waals surface area contributed by atoms with Gasteiger partial charge in [-0.3, -0.25) is 5.41 Å². The van der Waals surface area contributed by atoms with Crippen LogP contribution in [0.4, 0.5) is 4.39 Å². The summed E-state index contributed by atoms with van der Waals surface area (Å²) in [6.07, 6.45) is 1.43. The largest absolute Gasteiger partial charge is 0.387 e. The van der Waals surface area contributed by atoms with Crippen molar-refractivity contribution in [2.45, 2.75) is 25.5 Å². The lowest BCUT2D eigenvalue weighted by molar-refractivity contribution is 0.126. The van der Waals surface area contributed by atoms with Crippen LogP contribution in [-0.4, -0.2) is 34.7 Å². The second-order valence-electron chi connectivity index (χ2n) is 6.57. The van der Waals surface area contributed by atoms with E-state index in [9.17, 15) is 9.50 Å². The van der Waals surface area contributed by atoms with Crippen molar-refractivity contribution < 1.29 is 9.50 Å². The van der Waals surface area contributed by atoms with Crippen LogP contribution in [0.3, 0.4) is 0 Å². The Labute approximate surface area is 156 Å². The van der Waals surface area contributed by atoms with E-state index in [0.717, 1.165) is 41.7 Å². The van der Waals surface area contributed by atoms with Gasteiger partial charge in [-0.15, -0.1) is 0 Å².